The summed E-state index contributed by atoms with van der Waals surface area (Å²) in [6, 6.07) is 6.89. The average Bonchev–Trinajstić information content (AvgIpc) is 2.82. The number of nitrogens with one attached hydrogen (secondary N) is 1. The molecule has 0 radical (unpaired) electrons. The number of amides is 2. The topological polar surface area (TPSA) is 88.1 Å². The monoisotopic (exact) mass is 445 g/mol. The predicted octanol–water partition coefficient (Wildman–Crippen LogP) is 3.53. The van der Waals surface area contributed by atoms with Crippen LogP contribution in [-0.4, -0.2) is 33.5 Å². The highest BCUT2D eigenvalue weighted by Crippen LogP contribution is 2.37. The van der Waals surface area contributed by atoms with Gasteiger partial charge in [-0.1, -0.05) is 0 Å². The van der Waals surface area contributed by atoms with E-state index >= 15 is 0 Å². The second kappa shape index (κ2) is 7.98. The van der Waals surface area contributed by atoms with Gasteiger partial charge in [-0.2, -0.15) is 27.8 Å². The van der Waals surface area contributed by atoms with Crippen LogP contribution >= 0.6 is 0 Å². The molecule has 0 atom stereocenters. The molecular formula is C21H15F4N5O2. The minimum atomic E-state index is -4.50. The fraction of sp³-hybridized carbons (Fsp3) is 0.190. The number of fused-ring (bicyclic) bond motifs is 3. The van der Waals surface area contributed by atoms with Gasteiger partial charge in [-0.3, -0.25) is 9.59 Å². The van der Waals surface area contributed by atoms with Gasteiger partial charge in [0, 0.05) is 16.9 Å². The van der Waals surface area contributed by atoms with E-state index in [4.69, 9.17) is 0 Å². The second-order valence-electron chi connectivity index (χ2n) is 7.12. The van der Waals surface area contributed by atoms with E-state index in [1.54, 1.807) is 6.92 Å². The molecule has 1 aliphatic heterocycles. The number of pyridine rings is 1. The normalized spacial score (nSPS) is 13.3. The third-order valence-corrected chi connectivity index (χ3v) is 4.86. The molecule has 3 aromatic rings. The largest absolute Gasteiger partial charge is 0.416 e. The van der Waals surface area contributed by atoms with Crippen LogP contribution in [0.3, 0.4) is 0 Å². The lowest BCUT2D eigenvalue weighted by Gasteiger charge is -2.23. The summed E-state index contributed by atoms with van der Waals surface area (Å²) in [5, 5.41) is 10.1. The number of benzene rings is 1. The Balaban J connectivity index is 1.64. The molecule has 164 valence electrons. The van der Waals surface area contributed by atoms with Crippen molar-refractivity contribution in [3.05, 3.63) is 65.5 Å². The van der Waals surface area contributed by atoms with Crippen molar-refractivity contribution in [2.24, 2.45) is 0 Å². The molecule has 2 aromatic heterocycles. The number of carbonyl (C=O) groups excluding carboxylic acids is 2. The fourth-order valence-corrected chi connectivity index (χ4v) is 3.43. The molecule has 0 unspecified atom stereocenters. The molecule has 2 amide bonds. The Morgan fingerprint density at radius 2 is 1.91 bits per heavy atom. The van der Waals surface area contributed by atoms with Gasteiger partial charge in [-0.25, -0.2) is 4.98 Å². The highest BCUT2D eigenvalue weighted by Gasteiger charge is 2.32. The van der Waals surface area contributed by atoms with Gasteiger partial charge in [-0.05, 0) is 43.3 Å². The first-order valence-electron chi connectivity index (χ1n) is 9.39. The average molecular weight is 445 g/mol. The Morgan fingerprint density at radius 3 is 2.59 bits per heavy atom. The summed E-state index contributed by atoms with van der Waals surface area (Å²) in [6.45, 7) is 1.06. The van der Waals surface area contributed by atoms with Crippen LogP contribution in [0.15, 0.2) is 42.6 Å². The van der Waals surface area contributed by atoms with Crippen LogP contribution in [0.4, 0.5) is 28.9 Å². The molecule has 3 heterocycles. The molecule has 11 heteroatoms. The summed E-state index contributed by atoms with van der Waals surface area (Å²) >= 11 is 0. The maximum atomic E-state index is 14.8. The van der Waals surface area contributed by atoms with Gasteiger partial charge in [-0.15, -0.1) is 0 Å². The Morgan fingerprint density at radius 1 is 1.19 bits per heavy atom. The van der Waals surface area contributed by atoms with E-state index in [9.17, 15) is 27.2 Å². The number of rotatable bonds is 3. The zero-order valence-corrected chi connectivity index (χ0v) is 16.6. The van der Waals surface area contributed by atoms with Crippen LogP contribution in [0.25, 0.3) is 11.1 Å². The maximum Gasteiger partial charge on any atom is 0.416 e. The molecule has 0 saturated heterocycles. The molecule has 1 aromatic carbocycles. The van der Waals surface area contributed by atoms with Gasteiger partial charge in [0.25, 0.3) is 0 Å². The lowest BCUT2D eigenvalue weighted by Crippen LogP contribution is -2.39. The first kappa shape index (κ1) is 21.3. The van der Waals surface area contributed by atoms with Crippen molar-refractivity contribution >= 4 is 23.2 Å². The molecule has 0 saturated carbocycles. The van der Waals surface area contributed by atoms with Crippen molar-refractivity contribution in [1.82, 2.24) is 15.2 Å². The molecule has 0 aliphatic carbocycles. The minimum absolute atomic E-state index is 0.0219. The SMILES string of the molecule is Cc1cc2c(c(F)n1)-c1ccnnc1CC(=O)N2CC(=O)Nc1ccc(C(F)(F)F)cc1. The lowest BCUT2D eigenvalue weighted by molar-refractivity contribution is -0.137. The van der Waals surface area contributed by atoms with Gasteiger partial charge in [0.05, 0.1) is 35.1 Å². The van der Waals surface area contributed by atoms with E-state index in [1.165, 1.54) is 18.3 Å². The van der Waals surface area contributed by atoms with E-state index in [0.717, 1.165) is 29.2 Å². The summed E-state index contributed by atoms with van der Waals surface area (Å²) in [6.07, 6.45) is -3.36. The maximum absolute atomic E-state index is 14.8. The Labute approximate surface area is 179 Å². The summed E-state index contributed by atoms with van der Waals surface area (Å²) in [5.74, 6) is -2.01. The number of nitrogens with zero attached hydrogens (tertiary/aromatic N) is 4. The standard InChI is InChI=1S/C21H15F4N5O2/c1-11-8-16-19(20(22)27-11)14-6-7-26-29-15(14)9-18(32)30(16)10-17(31)28-13-4-2-12(3-5-13)21(23,24)25/h2-8H,9-10H2,1H3,(H,28,31). The van der Waals surface area contributed by atoms with E-state index in [2.05, 4.69) is 20.5 Å². The number of halogens is 4. The zero-order valence-electron chi connectivity index (χ0n) is 16.6. The highest BCUT2D eigenvalue weighted by atomic mass is 19.4. The van der Waals surface area contributed by atoms with Crippen molar-refractivity contribution in [3.63, 3.8) is 0 Å². The first-order chi connectivity index (χ1) is 15.1. The fourth-order valence-electron chi connectivity index (χ4n) is 3.43. The van der Waals surface area contributed by atoms with E-state index in [1.807, 2.05) is 0 Å². The van der Waals surface area contributed by atoms with Crippen molar-refractivity contribution in [2.75, 3.05) is 16.8 Å². The van der Waals surface area contributed by atoms with Gasteiger partial charge >= 0.3 is 6.18 Å². The van der Waals surface area contributed by atoms with Crippen molar-refractivity contribution in [3.8, 4) is 11.1 Å². The molecule has 1 aliphatic rings. The molecule has 0 bridgehead atoms. The lowest BCUT2D eigenvalue weighted by atomic mass is 10.0. The van der Waals surface area contributed by atoms with Crippen LogP contribution in [0.1, 0.15) is 17.0 Å². The molecule has 4 rings (SSSR count). The number of anilines is 2. The quantitative estimate of drug-likeness (QED) is 0.492. The van der Waals surface area contributed by atoms with Crippen LogP contribution in [0, 0.1) is 12.9 Å². The Kier molecular flexibility index (Phi) is 5.33. The van der Waals surface area contributed by atoms with Gasteiger partial charge < -0.3 is 10.2 Å². The van der Waals surface area contributed by atoms with Crippen LogP contribution in [0.2, 0.25) is 0 Å². The Bertz CT molecular complexity index is 1210. The zero-order chi connectivity index (χ0) is 23.0. The van der Waals surface area contributed by atoms with Gasteiger partial charge in [0.15, 0.2) is 0 Å². The van der Waals surface area contributed by atoms with Crippen molar-refractivity contribution in [2.45, 2.75) is 19.5 Å². The molecular weight excluding hydrogens is 430 g/mol. The van der Waals surface area contributed by atoms with E-state index in [-0.39, 0.29) is 29.1 Å². The van der Waals surface area contributed by atoms with Crippen LogP contribution < -0.4 is 10.2 Å². The van der Waals surface area contributed by atoms with Crippen molar-refractivity contribution < 1.29 is 27.2 Å². The van der Waals surface area contributed by atoms with Crippen LogP contribution in [0.5, 0.6) is 0 Å². The number of hydrogen-bond acceptors (Lipinski definition) is 5. The third kappa shape index (κ3) is 4.13. The molecule has 1 N–H and O–H groups in total. The predicted molar refractivity (Wildman–Crippen MR) is 106 cm³/mol. The van der Waals surface area contributed by atoms with E-state index < -0.39 is 36.0 Å². The Hall–Kier alpha value is -3.89. The molecule has 0 fully saturated rings. The number of carbonyl (C=O) groups is 2. The third-order valence-electron chi connectivity index (χ3n) is 4.86. The van der Waals surface area contributed by atoms with Gasteiger partial charge in [0.1, 0.15) is 6.54 Å². The number of hydrogen-bond donors (Lipinski definition) is 1. The minimum Gasteiger partial charge on any atom is -0.325 e. The van der Waals surface area contributed by atoms with Crippen molar-refractivity contribution in [1.29, 1.82) is 0 Å². The summed E-state index contributed by atoms with van der Waals surface area (Å²) in [7, 11) is 0. The molecule has 7 nitrogen and oxygen atoms in total. The number of alkyl halides is 3. The number of aromatic nitrogens is 3. The smallest absolute Gasteiger partial charge is 0.325 e. The van der Waals surface area contributed by atoms with Crippen LogP contribution in [-0.2, 0) is 22.2 Å². The second-order valence-corrected chi connectivity index (χ2v) is 7.12. The number of aryl methyl sites for hydroxylation is 1. The highest BCUT2D eigenvalue weighted by molar-refractivity contribution is 6.07. The molecule has 0 spiro atoms. The first-order valence-corrected chi connectivity index (χ1v) is 9.39. The summed E-state index contributed by atoms with van der Waals surface area (Å²) < 4.78 is 53.0. The summed E-state index contributed by atoms with van der Waals surface area (Å²) in [5.41, 5.74) is 0.324. The van der Waals surface area contributed by atoms with E-state index in [0.29, 0.717) is 11.3 Å². The molecule has 32 heavy (non-hydrogen) atoms. The van der Waals surface area contributed by atoms with Gasteiger partial charge in [0.2, 0.25) is 17.8 Å². The summed E-state index contributed by atoms with van der Waals surface area (Å²) in [4.78, 5) is 30.4.